The van der Waals surface area contributed by atoms with Crippen LogP contribution in [0.4, 0.5) is 0 Å². The van der Waals surface area contributed by atoms with Crippen LogP contribution in [0.2, 0.25) is 0 Å². The van der Waals surface area contributed by atoms with Gasteiger partial charge in [0.2, 0.25) is 17.7 Å². The zero-order valence-electron chi connectivity index (χ0n) is 30.1. The number of aromatic nitrogens is 2. The van der Waals surface area contributed by atoms with Gasteiger partial charge in [0.05, 0.1) is 17.2 Å². The molecule has 3 aliphatic rings. The molecule has 0 radical (unpaired) electrons. The molecule has 2 unspecified atom stereocenters. The van der Waals surface area contributed by atoms with Crippen molar-refractivity contribution in [1.29, 1.82) is 0 Å². The molecule has 0 saturated carbocycles. The fraction of sp³-hybridized carbons (Fsp3) is 0.500. The summed E-state index contributed by atoms with van der Waals surface area (Å²) < 4.78 is 6.19. The smallest absolute Gasteiger partial charge is 0.271 e. The first-order valence-electron chi connectivity index (χ1n) is 17.7. The van der Waals surface area contributed by atoms with Crippen LogP contribution in [0.3, 0.4) is 0 Å². The Bertz CT molecular complexity index is 1880. The molecule has 0 fully saturated rings. The fourth-order valence-electron chi connectivity index (χ4n) is 6.34. The standard InChI is InChI=1S/C36H43N7O7S4/c1-17(2)10-22-36-41-24(14-52-36)31(47)39-26-16-54-53-15-25(32(48)42-28(18(3)44)33(49)37-22)38-30(46)23-13-51-35(40-23)21(11-20-8-6-5-7-9-20)12-27(45)29-19(4)50-34(26)43-29/h5-9,13-14,17-19,21-22,25-26,28-29,44H,10-12,15-16H2,1-4H3,(H,37,49)(H,38,46)(H,39,47)(H,42,48)/t18-,19+,21-,22+,25-,26?,28?,29-/m0/s1. The molecule has 1 aromatic carbocycles. The lowest BCUT2D eigenvalue weighted by molar-refractivity contribution is -0.132. The molecule has 3 aromatic rings. The minimum Gasteiger partial charge on any atom is -0.474 e. The third-order valence-electron chi connectivity index (χ3n) is 9.14. The number of aliphatic imine (C=N–C) groups is 1. The third-order valence-corrected chi connectivity index (χ3v) is 13.5. The quantitative estimate of drug-likeness (QED) is 0.237. The Morgan fingerprint density at radius 3 is 2.13 bits per heavy atom. The van der Waals surface area contributed by atoms with Crippen LogP contribution in [0.1, 0.15) is 89.1 Å². The fourth-order valence-corrected chi connectivity index (χ4v) is 10.4. The largest absolute Gasteiger partial charge is 0.474 e. The number of aliphatic hydroxyl groups is 1. The lowest BCUT2D eigenvalue weighted by Crippen LogP contribution is -2.58. The molecule has 8 bridgehead atoms. The van der Waals surface area contributed by atoms with Crippen molar-refractivity contribution >= 4 is 79.6 Å². The van der Waals surface area contributed by atoms with Crippen molar-refractivity contribution in [3.8, 4) is 0 Å². The van der Waals surface area contributed by atoms with Gasteiger partial charge in [-0.15, -0.1) is 22.7 Å². The molecule has 3 aliphatic heterocycles. The predicted octanol–water partition coefficient (Wildman–Crippen LogP) is 3.45. The van der Waals surface area contributed by atoms with Gasteiger partial charge in [0.15, 0.2) is 5.78 Å². The van der Waals surface area contributed by atoms with Gasteiger partial charge in [0.25, 0.3) is 11.8 Å². The Balaban J connectivity index is 1.41. The molecule has 8 atom stereocenters. The number of carbonyl (C=O) groups is 5. The number of ether oxygens (including phenoxy) is 1. The highest BCUT2D eigenvalue weighted by Crippen LogP contribution is 2.32. The monoisotopic (exact) mass is 813 g/mol. The number of carbonyl (C=O) groups excluding carboxylic acids is 5. The number of hydrogen-bond donors (Lipinski definition) is 5. The van der Waals surface area contributed by atoms with Crippen LogP contribution in [0.5, 0.6) is 0 Å². The van der Waals surface area contributed by atoms with Crippen molar-refractivity contribution in [2.24, 2.45) is 10.9 Å². The molecule has 5 heterocycles. The number of hydrogen-bond acceptors (Lipinski definition) is 14. The zero-order valence-corrected chi connectivity index (χ0v) is 33.4. The summed E-state index contributed by atoms with van der Waals surface area (Å²) in [5, 5.41) is 26.3. The second-order valence-corrected chi connectivity index (χ2v) is 18.3. The summed E-state index contributed by atoms with van der Waals surface area (Å²) in [6, 6.07) is 4.96. The van der Waals surface area contributed by atoms with E-state index in [1.54, 1.807) is 17.7 Å². The van der Waals surface area contributed by atoms with E-state index in [4.69, 9.17) is 9.73 Å². The van der Waals surface area contributed by atoms with E-state index in [0.29, 0.717) is 22.9 Å². The molecule has 54 heavy (non-hydrogen) atoms. The number of nitrogens with one attached hydrogen (secondary N) is 4. The lowest BCUT2D eigenvalue weighted by atomic mass is 9.91. The van der Waals surface area contributed by atoms with Gasteiger partial charge >= 0.3 is 0 Å². The Morgan fingerprint density at radius 1 is 0.833 bits per heavy atom. The molecular formula is C36H43N7O7S4. The average Bonchev–Trinajstić information content (AvgIpc) is 3.90. The maximum Gasteiger partial charge on any atom is 0.271 e. The molecule has 0 aliphatic carbocycles. The molecule has 5 N–H and O–H groups in total. The van der Waals surface area contributed by atoms with E-state index in [0.717, 1.165) is 5.56 Å². The van der Waals surface area contributed by atoms with Crippen LogP contribution in [-0.4, -0.2) is 98.3 Å². The maximum absolute atomic E-state index is 14.0. The van der Waals surface area contributed by atoms with Gasteiger partial charge < -0.3 is 31.1 Å². The van der Waals surface area contributed by atoms with E-state index < -0.39 is 66.0 Å². The second kappa shape index (κ2) is 17.7. The first kappa shape index (κ1) is 39.8. The van der Waals surface area contributed by atoms with Gasteiger partial charge in [0, 0.05) is 34.6 Å². The van der Waals surface area contributed by atoms with Gasteiger partial charge in [-0.3, -0.25) is 24.0 Å². The lowest BCUT2D eigenvalue weighted by Gasteiger charge is -2.27. The molecule has 288 valence electrons. The minimum absolute atomic E-state index is 0.0561. The molecular weight excluding hydrogens is 771 g/mol. The highest BCUT2D eigenvalue weighted by atomic mass is 33.1. The Kier molecular flexibility index (Phi) is 13.1. The van der Waals surface area contributed by atoms with E-state index in [9.17, 15) is 29.1 Å². The van der Waals surface area contributed by atoms with Gasteiger partial charge in [-0.2, -0.15) is 0 Å². The highest BCUT2D eigenvalue weighted by Gasteiger charge is 2.39. The molecule has 0 spiro atoms. The molecule has 18 heteroatoms. The molecule has 14 nitrogen and oxygen atoms in total. The number of nitrogens with zero attached hydrogens (tertiary/aromatic N) is 3. The minimum atomic E-state index is -1.36. The zero-order chi connectivity index (χ0) is 38.5. The highest BCUT2D eigenvalue weighted by molar-refractivity contribution is 8.76. The van der Waals surface area contributed by atoms with Crippen LogP contribution in [0, 0.1) is 5.92 Å². The summed E-state index contributed by atoms with van der Waals surface area (Å²) in [5.41, 5.74) is 1.21. The number of fused-ring (bicyclic) bond motifs is 11. The number of Topliss-reactive ketones (excluding diaryl/α,β-unsaturated/α-hetero) is 1. The van der Waals surface area contributed by atoms with Crippen LogP contribution >= 0.6 is 44.3 Å². The van der Waals surface area contributed by atoms with Crippen molar-refractivity contribution in [1.82, 2.24) is 31.2 Å². The van der Waals surface area contributed by atoms with Gasteiger partial charge in [-0.05, 0) is 38.2 Å². The average molecular weight is 814 g/mol. The Morgan fingerprint density at radius 2 is 1.46 bits per heavy atom. The second-order valence-electron chi connectivity index (χ2n) is 14.0. The number of amides is 4. The Labute approximate surface area is 328 Å². The topological polar surface area (TPSA) is 201 Å². The van der Waals surface area contributed by atoms with Crippen molar-refractivity contribution in [3.05, 3.63) is 68.1 Å². The normalized spacial score (nSPS) is 27.7. The van der Waals surface area contributed by atoms with Crippen molar-refractivity contribution < 1.29 is 33.8 Å². The van der Waals surface area contributed by atoms with Gasteiger partial charge in [-0.1, -0.05) is 65.8 Å². The summed E-state index contributed by atoms with van der Waals surface area (Å²) >= 11 is 2.46. The third kappa shape index (κ3) is 9.69. The molecule has 6 rings (SSSR count). The van der Waals surface area contributed by atoms with E-state index >= 15 is 0 Å². The van der Waals surface area contributed by atoms with Gasteiger partial charge in [0.1, 0.15) is 46.7 Å². The van der Waals surface area contributed by atoms with Crippen LogP contribution in [-0.2, 0) is 25.5 Å². The van der Waals surface area contributed by atoms with Crippen molar-refractivity contribution in [2.45, 2.75) is 95.3 Å². The number of aliphatic hydroxyl groups excluding tert-OH is 1. The predicted molar refractivity (Wildman–Crippen MR) is 210 cm³/mol. The summed E-state index contributed by atoms with van der Waals surface area (Å²) in [6.45, 7) is 7.13. The van der Waals surface area contributed by atoms with E-state index in [1.807, 2.05) is 44.2 Å². The Hall–Kier alpha value is -3.84. The van der Waals surface area contributed by atoms with Crippen molar-refractivity contribution in [3.63, 3.8) is 0 Å². The van der Waals surface area contributed by atoms with E-state index in [1.165, 1.54) is 51.2 Å². The molecule has 2 aromatic heterocycles. The number of ketones is 1. The summed E-state index contributed by atoms with van der Waals surface area (Å²) in [5.74, 6) is -2.33. The first-order valence-corrected chi connectivity index (χ1v) is 22.0. The summed E-state index contributed by atoms with van der Waals surface area (Å²) in [7, 11) is 2.56. The molecule has 4 amide bonds. The first-order chi connectivity index (χ1) is 25.9. The van der Waals surface area contributed by atoms with Gasteiger partial charge in [-0.25, -0.2) is 15.0 Å². The number of rotatable bonds is 5. The van der Waals surface area contributed by atoms with Crippen LogP contribution in [0.25, 0.3) is 0 Å². The SMILES string of the molecule is CC(C)C[C@H]1NC(=O)C([C@H](C)O)NC(=O)[C@@H]2CSSCC(NC(=O)c3csc1n3)C1=N[C@H](C(=O)C[C@H](Cc3ccccc3)c3nc(cs3)C(=O)N2)[C@@H](C)O1. The number of benzene rings is 1. The van der Waals surface area contributed by atoms with Crippen LogP contribution in [0.15, 0.2) is 46.1 Å². The van der Waals surface area contributed by atoms with Crippen molar-refractivity contribution in [2.75, 3.05) is 11.5 Å². The van der Waals surface area contributed by atoms with Crippen LogP contribution < -0.4 is 21.3 Å². The summed E-state index contributed by atoms with van der Waals surface area (Å²) in [4.78, 5) is 83.0. The summed E-state index contributed by atoms with van der Waals surface area (Å²) in [6.07, 6.45) is -0.859. The van der Waals surface area contributed by atoms with E-state index in [2.05, 4.69) is 31.2 Å². The molecule has 0 saturated heterocycles. The van der Waals surface area contributed by atoms with E-state index in [-0.39, 0.29) is 52.8 Å². The number of thiazole rings is 2. The maximum atomic E-state index is 14.0.